The van der Waals surface area contributed by atoms with E-state index in [1.54, 1.807) is 0 Å². The van der Waals surface area contributed by atoms with Crippen molar-refractivity contribution in [2.75, 3.05) is 0 Å². The van der Waals surface area contributed by atoms with Crippen molar-refractivity contribution in [3.63, 3.8) is 0 Å². The first-order valence-corrected chi connectivity index (χ1v) is 39.5. The Balaban J connectivity index is 0.705. The molecule has 20 rings (SSSR count). The third-order valence-corrected chi connectivity index (χ3v) is 24.0. The lowest BCUT2D eigenvalue weighted by atomic mass is 9.67. The van der Waals surface area contributed by atoms with Crippen molar-refractivity contribution in [1.29, 1.82) is 0 Å². The summed E-state index contributed by atoms with van der Waals surface area (Å²) in [5.41, 5.74) is 39.4. The first-order valence-electron chi connectivity index (χ1n) is 39.5. The summed E-state index contributed by atoms with van der Waals surface area (Å²) in [7, 11) is 0. The molecule has 544 valence electrons. The highest BCUT2D eigenvalue weighted by molar-refractivity contribution is 5.98. The van der Waals surface area contributed by atoms with Crippen LogP contribution in [0.1, 0.15) is 72.7 Å². The van der Waals surface area contributed by atoms with Gasteiger partial charge in [0.05, 0.1) is 39.3 Å². The van der Waals surface area contributed by atoms with Gasteiger partial charge in [0.1, 0.15) is 5.82 Å². The quantitative estimate of drug-likeness (QED) is 0.102. The molecule has 14 aromatic carbocycles. The summed E-state index contributed by atoms with van der Waals surface area (Å²) in [6.45, 7) is 10.6. The molecule has 0 amide bonds. The number of benzene rings is 14. The molecule has 6 heteroatoms. The fourth-order valence-corrected chi connectivity index (χ4v) is 18.3. The lowest BCUT2D eigenvalue weighted by Gasteiger charge is -2.34. The second kappa shape index (κ2) is 28.7. The molecule has 18 aromatic rings. The molecule has 0 aliphatic heterocycles. The Kier molecular flexibility index (Phi) is 17.4. The van der Waals surface area contributed by atoms with Crippen molar-refractivity contribution >= 4 is 0 Å². The molecule has 2 unspecified atom stereocenters. The van der Waals surface area contributed by atoms with Gasteiger partial charge in [-0.05, 0) is 205 Å². The second-order valence-corrected chi connectivity index (χ2v) is 30.6. The molecule has 115 heavy (non-hydrogen) atoms. The number of hydrogen-bond acceptors (Lipinski definition) is 6. The average Bonchev–Trinajstić information content (AvgIpc) is 1.54. The van der Waals surface area contributed by atoms with Crippen LogP contribution in [0, 0.1) is 34.6 Å². The lowest BCUT2D eigenvalue weighted by Crippen LogP contribution is -2.28. The van der Waals surface area contributed by atoms with Crippen LogP contribution in [0.5, 0.6) is 0 Å². The predicted octanol–water partition coefficient (Wildman–Crippen LogP) is 26.7. The monoisotopic (exact) mass is 1470 g/mol. The number of hydrogen-bond donors (Lipinski definition) is 0. The number of rotatable bonds is 15. The van der Waals surface area contributed by atoms with Crippen molar-refractivity contribution in [3.05, 3.63) is 455 Å². The molecule has 4 aromatic heterocycles. The molecule has 2 aliphatic rings. The van der Waals surface area contributed by atoms with E-state index >= 15 is 0 Å². The van der Waals surface area contributed by atoms with Crippen molar-refractivity contribution in [3.8, 4) is 146 Å². The van der Waals surface area contributed by atoms with Crippen LogP contribution in [-0.2, 0) is 10.8 Å². The van der Waals surface area contributed by atoms with Crippen LogP contribution < -0.4 is 0 Å². The summed E-state index contributed by atoms with van der Waals surface area (Å²) in [5.74, 6) is 1.34. The number of nitrogens with zero attached hydrogens (tertiary/aromatic N) is 6. The van der Waals surface area contributed by atoms with Gasteiger partial charge in [0, 0.05) is 57.0 Å². The molecule has 0 fully saturated rings. The van der Waals surface area contributed by atoms with E-state index in [0.29, 0.717) is 11.6 Å². The van der Waals surface area contributed by atoms with E-state index in [9.17, 15) is 0 Å². The maximum atomic E-state index is 5.54. The van der Waals surface area contributed by atoms with Crippen LogP contribution >= 0.6 is 0 Å². The van der Waals surface area contributed by atoms with E-state index in [-0.39, 0.29) is 0 Å². The van der Waals surface area contributed by atoms with Crippen LogP contribution in [0.4, 0.5) is 0 Å². The summed E-state index contributed by atoms with van der Waals surface area (Å²) in [6, 6.07) is 135. The fourth-order valence-electron chi connectivity index (χ4n) is 18.3. The highest BCUT2D eigenvalue weighted by Crippen LogP contribution is 2.60. The zero-order valence-corrected chi connectivity index (χ0v) is 64.6. The van der Waals surface area contributed by atoms with Gasteiger partial charge in [0.2, 0.25) is 0 Å². The fraction of sp³-hybridized carbons (Fsp3) is 0.0642. The molecule has 2 aliphatic carbocycles. The Bertz CT molecular complexity index is 6730. The van der Waals surface area contributed by atoms with Crippen LogP contribution in [0.15, 0.2) is 382 Å². The third-order valence-electron chi connectivity index (χ3n) is 24.0. The number of aryl methyl sites for hydroxylation is 4. The third kappa shape index (κ3) is 12.0. The largest absolute Gasteiger partial charge is 0.261 e. The molecule has 2 atom stereocenters. The van der Waals surface area contributed by atoms with E-state index in [1.807, 2.05) is 19.3 Å². The van der Waals surface area contributed by atoms with Gasteiger partial charge in [-0.1, -0.05) is 334 Å². The van der Waals surface area contributed by atoms with Gasteiger partial charge in [-0.15, -0.1) is 0 Å². The van der Waals surface area contributed by atoms with Crippen molar-refractivity contribution in [1.82, 2.24) is 29.9 Å². The molecule has 0 N–H and O–H groups in total. The first kappa shape index (κ1) is 69.7. The standard InChI is InChI=1S/C109H78N6/c1-69-61-64-111-106(71(69)3)84-51-57-91(58-52-84)109(89-27-16-9-17-28-89)98-59-53-86(65-95(98)105-93(30-20-32-99(105)109)103-68-100(112-73(5)113-103)81-41-33-76(34-42-81)74-21-10-6-11-22-74)80-35-43-82(44-36-80)101-67-102(115-107(114-101)85-47-39-77(40-48-85)75-23-12-7-13-24-75)87-54-60-97-94(66-87)92-29-18-19-31-96(92)108(97,88-25-14-8-15-26-88)90-55-49-79(50-56-90)78-37-45-83(46-38-78)104-70(2)62-63-110-72(104)4/h6-68H,1-5H3. The van der Waals surface area contributed by atoms with Crippen molar-refractivity contribution in [2.24, 2.45) is 0 Å². The zero-order valence-electron chi connectivity index (χ0n) is 64.6. The Morgan fingerprint density at radius 1 is 0.217 bits per heavy atom. The Morgan fingerprint density at radius 3 is 1.19 bits per heavy atom. The van der Waals surface area contributed by atoms with Crippen LogP contribution in [-0.4, -0.2) is 29.9 Å². The first-order chi connectivity index (χ1) is 56.5. The average molecular weight is 1470 g/mol. The van der Waals surface area contributed by atoms with Crippen LogP contribution in [0.3, 0.4) is 0 Å². The van der Waals surface area contributed by atoms with Crippen molar-refractivity contribution in [2.45, 2.75) is 45.4 Å². The van der Waals surface area contributed by atoms with Gasteiger partial charge < -0.3 is 0 Å². The molecule has 0 bridgehead atoms. The molecule has 6 nitrogen and oxygen atoms in total. The second-order valence-electron chi connectivity index (χ2n) is 30.6. The van der Waals surface area contributed by atoms with Gasteiger partial charge >= 0.3 is 0 Å². The predicted molar refractivity (Wildman–Crippen MR) is 471 cm³/mol. The van der Waals surface area contributed by atoms with Gasteiger partial charge in [0.15, 0.2) is 5.82 Å². The SMILES string of the molecule is Cc1nc(-c2ccc(-c3ccccc3)cc2)cc(-c2cccc3c2-c2cc(-c4ccc(-c5cc(-c6ccc7c(c6)-c6ccccc6C7(c6ccccc6)c6ccc(-c7ccc(-c8c(C)ccnc8C)cc7)cc6)nc(-c6ccc(-c7ccccc7)cc6)n5)cc4)ccc2C3(c2ccccc2)c2ccc(-c3nccc(C)c3C)cc2)n1. The number of aromatic nitrogens is 6. The van der Waals surface area contributed by atoms with Crippen LogP contribution in [0.25, 0.3) is 146 Å². The summed E-state index contributed by atoms with van der Waals surface area (Å²) in [5, 5.41) is 0. The summed E-state index contributed by atoms with van der Waals surface area (Å²) < 4.78 is 0. The maximum Gasteiger partial charge on any atom is 0.160 e. The summed E-state index contributed by atoms with van der Waals surface area (Å²) >= 11 is 0. The molecule has 0 saturated carbocycles. The minimum absolute atomic E-state index is 0.619. The number of pyridine rings is 2. The van der Waals surface area contributed by atoms with E-state index in [2.05, 4.69) is 403 Å². The highest BCUT2D eigenvalue weighted by Gasteiger charge is 2.49. The Labute approximate surface area is 671 Å². The normalized spacial score (nSPS) is 14.4. The molecular weight excluding hydrogens is 1390 g/mol. The van der Waals surface area contributed by atoms with Crippen molar-refractivity contribution < 1.29 is 0 Å². The minimum Gasteiger partial charge on any atom is -0.261 e. The van der Waals surface area contributed by atoms with Gasteiger partial charge in [-0.2, -0.15) is 0 Å². The van der Waals surface area contributed by atoms with E-state index < -0.39 is 10.8 Å². The Morgan fingerprint density at radius 2 is 0.600 bits per heavy atom. The van der Waals surface area contributed by atoms with Gasteiger partial charge in [-0.25, -0.2) is 19.9 Å². The van der Waals surface area contributed by atoms with E-state index in [4.69, 9.17) is 24.9 Å². The zero-order chi connectivity index (χ0) is 77.3. The molecule has 0 spiro atoms. The van der Waals surface area contributed by atoms with Gasteiger partial charge in [-0.3, -0.25) is 9.97 Å². The maximum absolute atomic E-state index is 5.54. The van der Waals surface area contributed by atoms with Crippen LogP contribution in [0.2, 0.25) is 0 Å². The molecular formula is C109H78N6. The Hall–Kier alpha value is -14.5. The smallest absolute Gasteiger partial charge is 0.160 e. The number of fused-ring (bicyclic) bond motifs is 6. The van der Waals surface area contributed by atoms with E-state index in [1.165, 1.54) is 83.5 Å². The topological polar surface area (TPSA) is 77.3 Å². The molecule has 0 radical (unpaired) electrons. The van der Waals surface area contributed by atoms with Gasteiger partial charge in [0.25, 0.3) is 0 Å². The minimum atomic E-state index is -0.727. The molecule has 0 saturated heterocycles. The summed E-state index contributed by atoms with van der Waals surface area (Å²) in [6.07, 6.45) is 3.81. The summed E-state index contributed by atoms with van der Waals surface area (Å²) in [4.78, 5) is 31.0. The highest BCUT2D eigenvalue weighted by atomic mass is 14.9. The lowest BCUT2D eigenvalue weighted by molar-refractivity contribution is 0.768. The van der Waals surface area contributed by atoms with E-state index in [0.717, 1.165) is 123 Å². The molecule has 4 heterocycles.